The molecule has 8 heteroatoms. The smallest absolute Gasteiger partial charge is 0.259 e. The first-order chi connectivity index (χ1) is 14.6. The number of para-hydroxylation sites is 2. The Morgan fingerprint density at radius 1 is 1.03 bits per heavy atom. The minimum atomic E-state index is -0.232. The van der Waals surface area contributed by atoms with E-state index in [1.807, 2.05) is 67.1 Å². The third-order valence-electron chi connectivity index (χ3n) is 4.89. The van der Waals surface area contributed by atoms with Crippen molar-refractivity contribution in [3.05, 3.63) is 76.9 Å². The van der Waals surface area contributed by atoms with Crippen molar-refractivity contribution in [2.24, 2.45) is 0 Å². The molecule has 5 rings (SSSR count). The number of thiazole rings is 1. The summed E-state index contributed by atoms with van der Waals surface area (Å²) in [4.78, 5) is 26.4. The second-order valence-corrected chi connectivity index (χ2v) is 8.07. The van der Waals surface area contributed by atoms with Gasteiger partial charge in [0.2, 0.25) is 0 Å². The van der Waals surface area contributed by atoms with Crippen LogP contribution in [-0.4, -0.2) is 30.6 Å². The molecule has 0 bridgehead atoms. The van der Waals surface area contributed by atoms with Crippen LogP contribution in [0.1, 0.15) is 20.9 Å². The highest BCUT2D eigenvalue weighted by Crippen LogP contribution is 2.26. The van der Waals surface area contributed by atoms with Crippen molar-refractivity contribution in [1.29, 1.82) is 0 Å². The van der Waals surface area contributed by atoms with Crippen LogP contribution in [-0.2, 0) is 0 Å². The number of carbonyl (C=O) groups is 1. The average Bonchev–Trinajstić information content (AvgIpc) is 3.46. The predicted molar refractivity (Wildman–Crippen MR) is 118 cm³/mol. The molecular weight excluding hydrogens is 396 g/mol. The van der Waals surface area contributed by atoms with Crippen molar-refractivity contribution < 1.29 is 4.79 Å². The van der Waals surface area contributed by atoms with E-state index in [2.05, 4.69) is 20.4 Å². The van der Waals surface area contributed by atoms with E-state index in [4.69, 9.17) is 4.98 Å². The maximum atomic E-state index is 12.9. The molecule has 3 aromatic heterocycles. The van der Waals surface area contributed by atoms with Gasteiger partial charge >= 0.3 is 0 Å². The van der Waals surface area contributed by atoms with E-state index in [1.54, 1.807) is 12.3 Å². The largest absolute Gasteiger partial charge is 0.337 e. The number of aryl methyl sites for hydroxylation is 2. The molecule has 0 aliphatic heterocycles. The lowest BCUT2D eigenvalue weighted by atomic mass is 10.2. The Kier molecular flexibility index (Phi) is 4.40. The lowest BCUT2D eigenvalue weighted by Crippen LogP contribution is -2.12. The minimum absolute atomic E-state index is 0.232. The van der Waals surface area contributed by atoms with Crippen molar-refractivity contribution in [1.82, 2.24) is 24.7 Å². The number of imidazole rings is 1. The van der Waals surface area contributed by atoms with Crippen LogP contribution in [0.25, 0.3) is 28.2 Å². The highest BCUT2D eigenvalue weighted by molar-refractivity contribution is 7.15. The average molecular weight is 414 g/mol. The summed E-state index contributed by atoms with van der Waals surface area (Å²) in [7, 11) is 0. The standard InChI is InChI=1S/C22H18N6OS/c1-13-14(2)30-22(24-13)27-21(29)16-9-6-10-17-19(16)26-20(25-17)18-11-12-23-28(18)15-7-4-3-5-8-15/h3-12H,1-2H3,(H,25,26)(H,24,27,29). The second kappa shape index (κ2) is 7.23. The van der Waals surface area contributed by atoms with Gasteiger partial charge in [0.15, 0.2) is 11.0 Å². The number of rotatable bonds is 4. The van der Waals surface area contributed by atoms with Crippen LogP contribution in [0.5, 0.6) is 0 Å². The quantitative estimate of drug-likeness (QED) is 0.444. The lowest BCUT2D eigenvalue weighted by Gasteiger charge is -2.04. The van der Waals surface area contributed by atoms with Gasteiger partial charge < -0.3 is 4.98 Å². The summed E-state index contributed by atoms with van der Waals surface area (Å²) in [6, 6.07) is 17.3. The summed E-state index contributed by atoms with van der Waals surface area (Å²) in [6.07, 6.45) is 1.73. The van der Waals surface area contributed by atoms with Crippen LogP contribution in [0.4, 0.5) is 5.13 Å². The normalized spacial score (nSPS) is 11.1. The van der Waals surface area contributed by atoms with E-state index in [9.17, 15) is 4.79 Å². The molecule has 0 saturated carbocycles. The van der Waals surface area contributed by atoms with Crippen LogP contribution in [0.2, 0.25) is 0 Å². The van der Waals surface area contributed by atoms with E-state index in [0.717, 1.165) is 27.5 Å². The highest BCUT2D eigenvalue weighted by Gasteiger charge is 2.18. The second-order valence-electron chi connectivity index (χ2n) is 6.87. The zero-order valence-corrected chi connectivity index (χ0v) is 17.2. The van der Waals surface area contributed by atoms with Crippen molar-refractivity contribution in [3.63, 3.8) is 0 Å². The SMILES string of the molecule is Cc1nc(NC(=O)c2cccc3[nH]c(-c4ccnn4-c4ccccc4)nc23)sc1C. The van der Waals surface area contributed by atoms with Gasteiger partial charge in [-0.15, -0.1) is 11.3 Å². The number of benzene rings is 2. The monoisotopic (exact) mass is 414 g/mol. The number of nitrogens with one attached hydrogen (secondary N) is 2. The summed E-state index contributed by atoms with van der Waals surface area (Å²) < 4.78 is 1.82. The van der Waals surface area contributed by atoms with Crippen molar-refractivity contribution >= 4 is 33.4 Å². The maximum Gasteiger partial charge on any atom is 0.259 e. The van der Waals surface area contributed by atoms with Gasteiger partial charge in [-0.2, -0.15) is 5.10 Å². The Morgan fingerprint density at radius 3 is 2.63 bits per heavy atom. The summed E-state index contributed by atoms with van der Waals surface area (Å²) in [5, 5.41) is 7.91. The first-order valence-electron chi connectivity index (χ1n) is 9.44. The van der Waals surface area contributed by atoms with Gasteiger partial charge in [0.05, 0.1) is 28.7 Å². The molecule has 1 amide bonds. The van der Waals surface area contributed by atoms with Gasteiger partial charge in [0.25, 0.3) is 5.91 Å². The summed E-state index contributed by atoms with van der Waals surface area (Å²) in [6.45, 7) is 3.91. The van der Waals surface area contributed by atoms with E-state index < -0.39 is 0 Å². The predicted octanol–water partition coefficient (Wildman–Crippen LogP) is 4.74. The Bertz CT molecular complexity index is 1350. The third-order valence-corrected chi connectivity index (χ3v) is 5.88. The summed E-state index contributed by atoms with van der Waals surface area (Å²) in [5.41, 5.74) is 4.55. The zero-order valence-electron chi connectivity index (χ0n) is 16.4. The first-order valence-corrected chi connectivity index (χ1v) is 10.3. The van der Waals surface area contributed by atoms with Crippen LogP contribution in [0.3, 0.4) is 0 Å². The molecule has 5 aromatic rings. The number of carbonyl (C=O) groups excluding carboxylic acids is 1. The van der Waals surface area contributed by atoms with Gasteiger partial charge in [-0.25, -0.2) is 14.6 Å². The molecule has 0 saturated heterocycles. The van der Waals surface area contributed by atoms with Gasteiger partial charge in [-0.1, -0.05) is 24.3 Å². The van der Waals surface area contributed by atoms with Crippen LogP contribution in [0, 0.1) is 13.8 Å². The third kappa shape index (κ3) is 3.17. The lowest BCUT2D eigenvalue weighted by molar-refractivity contribution is 0.102. The number of amides is 1. The Morgan fingerprint density at radius 2 is 1.87 bits per heavy atom. The number of H-pyrrole nitrogens is 1. The zero-order chi connectivity index (χ0) is 20.7. The molecule has 0 fully saturated rings. The highest BCUT2D eigenvalue weighted by atomic mass is 32.1. The fraction of sp³-hybridized carbons (Fsp3) is 0.0909. The topological polar surface area (TPSA) is 88.5 Å². The number of fused-ring (bicyclic) bond motifs is 1. The molecule has 7 nitrogen and oxygen atoms in total. The molecule has 3 heterocycles. The Labute approximate surface area is 176 Å². The van der Waals surface area contributed by atoms with Gasteiger partial charge in [-0.3, -0.25) is 10.1 Å². The molecular formula is C22H18N6OS. The number of aromatic amines is 1. The molecule has 148 valence electrons. The van der Waals surface area contributed by atoms with E-state index >= 15 is 0 Å². The molecule has 30 heavy (non-hydrogen) atoms. The maximum absolute atomic E-state index is 12.9. The van der Waals surface area contributed by atoms with Crippen LogP contribution < -0.4 is 5.32 Å². The Balaban J connectivity index is 1.54. The molecule has 2 aromatic carbocycles. The van der Waals surface area contributed by atoms with Gasteiger partial charge in [0, 0.05) is 4.88 Å². The molecule has 0 unspecified atom stereocenters. The summed E-state index contributed by atoms with van der Waals surface area (Å²) >= 11 is 1.46. The molecule has 0 radical (unpaired) electrons. The molecule has 2 N–H and O–H groups in total. The molecule has 0 atom stereocenters. The first kappa shape index (κ1) is 18.3. The van der Waals surface area contributed by atoms with Crippen molar-refractivity contribution in [2.45, 2.75) is 13.8 Å². The number of nitrogens with zero attached hydrogens (tertiary/aromatic N) is 4. The van der Waals surface area contributed by atoms with E-state index in [-0.39, 0.29) is 5.91 Å². The number of hydrogen-bond donors (Lipinski definition) is 2. The number of anilines is 1. The van der Waals surface area contributed by atoms with E-state index in [1.165, 1.54) is 11.3 Å². The molecule has 0 aliphatic carbocycles. The Hall–Kier alpha value is -3.78. The minimum Gasteiger partial charge on any atom is -0.337 e. The number of hydrogen-bond acceptors (Lipinski definition) is 5. The van der Waals surface area contributed by atoms with Crippen LogP contribution in [0.15, 0.2) is 60.8 Å². The van der Waals surface area contributed by atoms with Gasteiger partial charge in [-0.05, 0) is 44.2 Å². The molecule has 0 spiro atoms. The molecule has 0 aliphatic rings. The fourth-order valence-electron chi connectivity index (χ4n) is 3.28. The van der Waals surface area contributed by atoms with Crippen molar-refractivity contribution in [2.75, 3.05) is 5.32 Å². The van der Waals surface area contributed by atoms with Gasteiger partial charge in [0.1, 0.15) is 11.2 Å². The number of aromatic nitrogens is 5. The fourth-order valence-corrected chi connectivity index (χ4v) is 4.09. The van der Waals surface area contributed by atoms with E-state index in [0.29, 0.717) is 22.0 Å². The van der Waals surface area contributed by atoms with Crippen molar-refractivity contribution in [3.8, 4) is 17.2 Å². The summed E-state index contributed by atoms with van der Waals surface area (Å²) in [5.74, 6) is 0.413. The van der Waals surface area contributed by atoms with Crippen LogP contribution >= 0.6 is 11.3 Å².